The lowest BCUT2D eigenvalue weighted by Gasteiger charge is -2.21. The van der Waals surface area contributed by atoms with E-state index >= 15 is 0 Å². The van der Waals surface area contributed by atoms with Crippen LogP contribution in [0.4, 0.5) is 0 Å². The lowest BCUT2D eigenvalue weighted by atomic mass is 9.96. The predicted octanol–water partition coefficient (Wildman–Crippen LogP) is 7.04. The normalized spacial score (nSPS) is 12.6. The number of carboxylic acids is 1. The van der Waals surface area contributed by atoms with Crippen LogP contribution in [0.1, 0.15) is 155 Å². The first kappa shape index (κ1) is 36.0. The van der Waals surface area contributed by atoms with Crippen LogP contribution in [0.5, 0.6) is 0 Å². The molecule has 0 aliphatic rings. The zero-order chi connectivity index (χ0) is 28.5. The number of hydrogen-bond donors (Lipinski definition) is 2. The molecule has 0 aromatic heterocycles. The molecule has 222 valence electrons. The van der Waals surface area contributed by atoms with Crippen LogP contribution in [0.15, 0.2) is 0 Å². The molecule has 8 nitrogen and oxygen atoms in total. The van der Waals surface area contributed by atoms with E-state index < -0.39 is 42.3 Å². The molecule has 0 aromatic carbocycles. The average molecular weight is 543 g/mol. The molecule has 0 bridgehead atoms. The van der Waals surface area contributed by atoms with Crippen LogP contribution < -0.4 is 0 Å². The molecule has 0 radical (unpaired) electrons. The zero-order valence-corrected chi connectivity index (χ0v) is 24.1. The monoisotopic (exact) mass is 542 g/mol. The summed E-state index contributed by atoms with van der Waals surface area (Å²) in [5.41, 5.74) is -2.67. The van der Waals surface area contributed by atoms with Gasteiger partial charge in [0, 0.05) is 6.42 Å². The summed E-state index contributed by atoms with van der Waals surface area (Å²) in [6, 6.07) is 0. The third-order valence-corrected chi connectivity index (χ3v) is 6.74. The first-order chi connectivity index (χ1) is 18.2. The van der Waals surface area contributed by atoms with Crippen LogP contribution in [-0.4, -0.2) is 46.3 Å². The maximum Gasteiger partial charge on any atom is 0.336 e. The Morgan fingerprint density at radius 2 is 0.947 bits per heavy atom. The third-order valence-electron chi connectivity index (χ3n) is 6.74. The Balaban J connectivity index is 3.84. The fourth-order valence-corrected chi connectivity index (χ4v) is 4.31. The molecule has 0 aliphatic heterocycles. The molecule has 0 saturated heterocycles. The summed E-state index contributed by atoms with van der Waals surface area (Å²) in [5.74, 6) is -4.60. The molecule has 38 heavy (non-hydrogen) atoms. The van der Waals surface area contributed by atoms with Gasteiger partial charge in [0.1, 0.15) is 0 Å². The predicted molar refractivity (Wildman–Crippen MR) is 148 cm³/mol. The number of carboxylic acid groups (broad SMARTS) is 1. The molecular weight excluding hydrogens is 488 g/mol. The van der Waals surface area contributed by atoms with E-state index in [-0.39, 0.29) is 13.0 Å². The molecule has 0 fully saturated rings. The van der Waals surface area contributed by atoms with Gasteiger partial charge < -0.3 is 19.7 Å². The number of carbonyl (C=O) groups excluding carboxylic acids is 3. The average Bonchev–Trinajstić information content (AvgIpc) is 2.85. The van der Waals surface area contributed by atoms with E-state index in [0.29, 0.717) is 12.8 Å². The minimum Gasteiger partial charge on any atom is -0.479 e. The number of esters is 3. The van der Waals surface area contributed by atoms with Crippen molar-refractivity contribution in [3.8, 4) is 0 Å². The van der Waals surface area contributed by atoms with Crippen LogP contribution in [0.3, 0.4) is 0 Å². The highest BCUT2D eigenvalue weighted by Gasteiger charge is 2.42. The highest BCUT2D eigenvalue weighted by atomic mass is 16.6. The van der Waals surface area contributed by atoms with Gasteiger partial charge in [-0.3, -0.25) is 14.4 Å². The Morgan fingerprint density at radius 1 is 0.553 bits per heavy atom. The van der Waals surface area contributed by atoms with Crippen molar-refractivity contribution in [1.82, 2.24) is 0 Å². The van der Waals surface area contributed by atoms with E-state index in [2.05, 4.69) is 11.7 Å². The lowest BCUT2D eigenvalue weighted by Crippen LogP contribution is -2.43. The number of hydrogen-bond acceptors (Lipinski definition) is 7. The molecule has 0 spiro atoms. The Morgan fingerprint density at radius 3 is 1.39 bits per heavy atom. The van der Waals surface area contributed by atoms with E-state index in [9.17, 15) is 29.4 Å². The molecule has 0 amide bonds. The van der Waals surface area contributed by atoms with Crippen LogP contribution in [0, 0.1) is 0 Å². The molecule has 0 saturated carbocycles. The Bertz CT molecular complexity index is 648. The molecule has 0 aromatic rings. The van der Waals surface area contributed by atoms with E-state index in [1.807, 2.05) is 6.92 Å². The van der Waals surface area contributed by atoms with Gasteiger partial charge >= 0.3 is 23.9 Å². The summed E-state index contributed by atoms with van der Waals surface area (Å²) in [6.45, 7) is 4.34. The summed E-state index contributed by atoms with van der Waals surface area (Å²) in [6.07, 6.45) is 20.1. The van der Waals surface area contributed by atoms with Gasteiger partial charge in [0.05, 0.1) is 19.4 Å². The van der Waals surface area contributed by atoms with E-state index in [0.717, 1.165) is 32.1 Å². The first-order valence-electron chi connectivity index (χ1n) is 15.1. The van der Waals surface area contributed by atoms with Crippen LogP contribution >= 0.6 is 0 Å². The Hall–Kier alpha value is -1.96. The standard InChI is InChI=1S/C30H54O8/c1-3-5-7-8-9-10-11-12-13-14-15-16-17-18-19-21-23-37-27(32)24-30(36,29(34)35)25-28(33)38-26(31)22-20-6-4-2/h36H,3-25H2,1-2H3,(H,34,35). The van der Waals surface area contributed by atoms with Crippen LogP contribution in [0.25, 0.3) is 0 Å². The van der Waals surface area contributed by atoms with Crippen molar-refractivity contribution in [2.24, 2.45) is 0 Å². The Kier molecular flexibility index (Phi) is 22.9. The van der Waals surface area contributed by atoms with Gasteiger partial charge in [0.25, 0.3) is 0 Å². The van der Waals surface area contributed by atoms with Crippen LogP contribution in [-0.2, 0) is 28.7 Å². The van der Waals surface area contributed by atoms with Crippen molar-refractivity contribution in [3.05, 3.63) is 0 Å². The van der Waals surface area contributed by atoms with Crippen molar-refractivity contribution < 1.29 is 38.9 Å². The largest absolute Gasteiger partial charge is 0.479 e. The molecule has 0 rings (SSSR count). The molecule has 8 heteroatoms. The fourth-order valence-electron chi connectivity index (χ4n) is 4.31. The molecule has 0 aliphatic carbocycles. The van der Waals surface area contributed by atoms with E-state index in [1.54, 1.807) is 0 Å². The topological polar surface area (TPSA) is 127 Å². The second kappa shape index (κ2) is 24.1. The maximum atomic E-state index is 12.0. The summed E-state index contributed by atoms with van der Waals surface area (Å²) in [4.78, 5) is 47.0. The van der Waals surface area contributed by atoms with Gasteiger partial charge in [-0.15, -0.1) is 0 Å². The van der Waals surface area contributed by atoms with Gasteiger partial charge in [0.15, 0.2) is 5.60 Å². The van der Waals surface area contributed by atoms with Crippen LogP contribution in [0.2, 0.25) is 0 Å². The highest BCUT2D eigenvalue weighted by Crippen LogP contribution is 2.19. The second-order valence-corrected chi connectivity index (χ2v) is 10.5. The first-order valence-corrected chi connectivity index (χ1v) is 15.1. The smallest absolute Gasteiger partial charge is 0.336 e. The van der Waals surface area contributed by atoms with Crippen molar-refractivity contribution in [2.75, 3.05) is 6.61 Å². The lowest BCUT2D eigenvalue weighted by molar-refractivity contribution is -0.175. The minimum absolute atomic E-state index is 0.0342. The third kappa shape index (κ3) is 21.0. The minimum atomic E-state index is -2.67. The molecule has 1 atom stereocenters. The number of aliphatic carboxylic acids is 1. The number of rotatable bonds is 26. The van der Waals surface area contributed by atoms with Crippen molar-refractivity contribution in [2.45, 2.75) is 161 Å². The van der Waals surface area contributed by atoms with Crippen molar-refractivity contribution >= 4 is 23.9 Å². The quantitative estimate of drug-likeness (QED) is 0.0677. The number of aliphatic hydroxyl groups is 1. The summed E-state index contributed by atoms with van der Waals surface area (Å²) in [7, 11) is 0. The highest BCUT2D eigenvalue weighted by molar-refractivity contribution is 5.92. The number of unbranched alkanes of at least 4 members (excludes halogenated alkanes) is 17. The molecular formula is C30H54O8. The summed E-state index contributed by atoms with van der Waals surface area (Å²) in [5, 5.41) is 19.6. The van der Waals surface area contributed by atoms with Gasteiger partial charge in [-0.25, -0.2) is 4.79 Å². The van der Waals surface area contributed by atoms with Gasteiger partial charge in [-0.1, -0.05) is 123 Å². The van der Waals surface area contributed by atoms with E-state index in [1.165, 1.54) is 77.0 Å². The summed E-state index contributed by atoms with van der Waals surface area (Å²) < 4.78 is 9.62. The van der Waals surface area contributed by atoms with Crippen molar-refractivity contribution in [3.63, 3.8) is 0 Å². The van der Waals surface area contributed by atoms with Gasteiger partial charge in [0.2, 0.25) is 0 Å². The van der Waals surface area contributed by atoms with Gasteiger partial charge in [-0.05, 0) is 12.8 Å². The molecule has 2 N–H and O–H groups in total. The SMILES string of the molecule is CCCCCCCCCCCCCCCCCCOC(=O)CC(O)(CC(=O)OC(=O)CCCCC)C(=O)O. The fraction of sp³-hybridized carbons (Fsp3) is 0.867. The zero-order valence-electron chi connectivity index (χ0n) is 24.1. The number of ether oxygens (including phenoxy) is 2. The second-order valence-electron chi connectivity index (χ2n) is 10.5. The number of carbonyl (C=O) groups is 4. The van der Waals surface area contributed by atoms with Gasteiger partial charge in [-0.2, -0.15) is 0 Å². The maximum absolute atomic E-state index is 12.0. The van der Waals surface area contributed by atoms with Crippen molar-refractivity contribution in [1.29, 1.82) is 0 Å². The summed E-state index contributed by atoms with van der Waals surface area (Å²) >= 11 is 0. The molecule has 0 heterocycles. The van der Waals surface area contributed by atoms with E-state index in [4.69, 9.17) is 4.74 Å². The molecule has 1 unspecified atom stereocenters. The Labute approximate surface area is 230 Å².